The fourth-order valence-corrected chi connectivity index (χ4v) is 0.889. The molecular weight excluding hydrogens is 204 g/mol. The van der Waals surface area contributed by atoms with Gasteiger partial charge in [-0.15, -0.1) is 0 Å². The van der Waals surface area contributed by atoms with Crippen LogP contribution in [0.3, 0.4) is 0 Å². The maximum absolute atomic E-state index is 10.4. The van der Waals surface area contributed by atoms with Crippen LogP contribution in [0.15, 0.2) is 12.2 Å². The summed E-state index contributed by atoms with van der Waals surface area (Å²) in [6.45, 7) is 2.97. The SMILES string of the molecule is C=C(C(=O)O)C(O)CCC(O)OCCO. The highest BCUT2D eigenvalue weighted by molar-refractivity contribution is 5.86. The summed E-state index contributed by atoms with van der Waals surface area (Å²) in [4.78, 5) is 10.4. The molecule has 0 amide bonds. The van der Waals surface area contributed by atoms with Gasteiger partial charge in [0.05, 0.1) is 24.9 Å². The standard InChI is InChI=1S/C9H16O6/c1-6(9(13)14)7(11)2-3-8(12)15-5-4-10/h7-8,10-12H,1-5H2,(H,13,14). The van der Waals surface area contributed by atoms with E-state index < -0.39 is 18.4 Å². The predicted octanol–water partition coefficient (Wildman–Crippen LogP) is -0.904. The molecule has 0 saturated heterocycles. The summed E-state index contributed by atoms with van der Waals surface area (Å²) >= 11 is 0. The number of aliphatic carboxylic acids is 1. The number of aliphatic hydroxyl groups excluding tert-OH is 3. The monoisotopic (exact) mass is 220 g/mol. The van der Waals surface area contributed by atoms with E-state index in [1.165, 1.54) is 0 Å². The topological polar surface area (TPSA) is 107 Å². The molecule has 0 rings (SSSR count). The third-order valence-corrected chi connectivity index (χ3v) is 1.77. The molecule has 0 radical (unpaired) electrons. The first kappa shape index (κ1) is 14.1. The van der Waals surface area contributed by atoms with Crippen LogP contribution in [0.4, 0.5) is 0 Å². The first-order valence-electron chi connectivity index (χ1n) is 4.49. The summed E-state index contributed by atoms with van der Waals surface area (Å²) in [5, 5.41) is 35.2. The van der Waals surface area contributed by atoms with Crippen LogP contribution in [-0.4, -0.2) is 52.0 Å². The molecule has 88 valence electrons. The van der Waals surface area contributed by atoms with Gasteiger partial charge >= 0.3 is 5.97 Å². The summed E-state index contributed by atoms with van der Waals surface area (Å²) in [7, 11) is 0. The Morgan fingerprint density at radius 3 is 2.40 bits per heavy atom. The van der Waals surface area contributed by atoms with Crippen LogP contribution in [0.25, 0.3) is 0 Å². The lowest BCUT2D eigenvalue weighted by atomic mass is 10.1. The average molecular weight is 220 g/mol. The molecule has 0 saturated carbocycles. The first-order chi connectivity index (χ1) is 6.99. The summed E-state index contributed by atoms with van der Waals surface area (Å²) in [6.07, 6.45) is -2.20. The Morgan fingerprint density at radius 1 is 1.33 bits per heavy atom. The average Bonchev–Trinajstić information content (AvgIpc) is 2.21. The van der Waals surface area contributed by atoms with Crippen molar-refractivity contribution in [3.8, 4) is 0 Å². The van der Waals surface area contributed by atoms with Crippen LogP contribution < -0.4 is 0 Å². The number of hydrogen-bond acceptors (Lipinski definition) is 5. The van der Waals surface area contributed by atoms with E-state index in [1.807, 2.05) is 0 Å². The summed E-state index contributed by atoms with van der Waals surface area (Å²) in [5.74, 6) is -1.27. The van der Waals surface area contributed by atoms with Crippen molar-refractivity contribution in [1.82, 2.24) is 0 Å². The van der Waals surface area contributed by atoms with E-state index in [1.54, 1.807) is 0 Å². The van der Waals surface area contributed by atoms with Gasteiger partial charge in [0, 0.05) is 6.42 Å². The Hall–Kier alpha value is -0.950. The highest BCUT2D eigenvalue weighted by Crippen LogP contribution is 2.09. The highest BCUT2D eigenvalue weighted by Gasteiger charge is 2.16. The van der Waals surface area contributed by atoms with E-state index in [0.29, 0.717) is 0 Å². The molecule has 0 spiro atoms. The van der Waals surface area contributed by atoms with Gasteiger partial charge in [-0.05, 0) is 6.42 Å². The van der Waals surface area contributed by atoms with Gasteiger partial charge in [0.15, 0.2) is 6.29 Å². The van der Waals surface area contributed by atoms with Gasteiger partial charge in [-0.25, -0.2) is 4.79 Å². The number of aliphatic hydroxyl groups is 3. The van der Waals surface area contributed by atoms with Crippen LogP contribution in [-0.2, 0) is 9.53 Å². The van der Waals surface area contributed by atoms with E-state index in [2.05, 4.69) is 6.58 Å². The minimum atomic E-state index is -1.27. The molecule has 2 unspecified atom stereocenters. The maximum atomic E-state index is 10.4. The van der Waals surface area contributed by atoms with E-state index in [4.69, 9.17) is 20.1 Å². The van der Waals surface area contributed by atoms with E-state index in [-0.39, 0.29) is 31.6 Å². The molecule has 0 aromatic carbocycles. The number of carboxylic acids is 1. The molecule has 0 aliphatic heterocycles. The predicted molar refractivity (Wildman–Crippen MR) is 51.1 cm³/mol. The number of rotatable bonds is 8. The number of hydrogen-bond donors (Lipinski definition) is 4. The third kappa shape index (κ3) is 6.19. The van der Waals surface area contributed by atoms with Crippen molar-refractivity contribution in [2.45, 2.75) is 25.2 Å². The minimum absolute atomic E-state index is 0.00284. The van der Waals surface area contributed by atoms with Gasteiger partial charge in [0.2, 0.25) is 0 Å². The van der Waals surface area contributed by atoms with Crippen LogP contribution in [0, 0.1) is 0 Å². The van der Waals surface area contributed by atoms with Gasteiger partial charge in [0.1, 0.15) is 0 Å². The second-order valence-electron chi connectivity index (χ2n) is 2.97. The van der Waals surface area contributed by atoms with E-state index in [9.17, 15) is 9.90 Å². The van der Waals surface area contributed by atoms with Gasteiger partial charge < -0.3 is 25.2 Å². The number of carbonyl (C=O) groups is 1. The number of carboxylic acid groups (broad SMARTS) is 1. The molecule has 2 atom stereocenters. The Labute approximate surface area is 87.4 Å². The smallest absolute Gasteiger partial charge is 0.333 e. The Kier molecular flexibility index (Phi) is 6.89. The van der Waals surface area contributed by atoms with Crippen LogP contribution in [0.2, 0.25) is 0 Å². The Bertz CT molecular complexity index is 215. The minimum Gasteiger partial charge on any atom is -0.478 e. The molecule has 0 aromatic rings. The van der Waals surface area contributed by atoms with Gasteiger partial charge in [-0.1, -0.05) is 6.58 Å². The summed E-state index contributed by atoms with van der Waals surface area (Å²) < 4.78 is 4.70. The first-order valence-corrected chi connectivity index (χ1v) is 4.49. The molecule has 0 aliphatic rings. The maximum Gasteiger partial charge on any atom is 0.333 e. The zero-order valence-electron chi connectivity index (χ0n) is 8.30. The van der Waals surface area contributed by atoms with E-state index >= 15 is 0 Å². The van der Waals surface area contributed by atoms with Crippen LogP contribution >= 0.6 is 0 Å². The summed E-state index contributed by atoms with van der Waals surface area (Å²) in [6, 6.07) is 0. The normalized spacial score (nSPS) is 14.6. The van der Waals surface area contributed by atoms with Crippen LogP contribution in [0.1, 0.15) is 12.8 Å². The van der Waals surface area contributed by atoms with Crippen molar-refractivity contribution in [3.63, 3.8) is 0 Å². The zero-order chi connectivity index (χ0) is 11.8. The molecule has 0 bridgehead atoms. The molecule has 0 aromatic heterocycles. The molecular formula is C9H16O6. The Morgan fingerprint density at radius 2 is 1.93 bits per heavy atom. The molecule has 15 heavy (non-hydrogen) atoms. The van der Waals surface area contributed by atoms with Crippen molar-refractivity contribution in [2.24, 2.45) is 0 Å². The summed E-state index contributed by atoms with van der Waals surface area (Å²) in [5.41, 5.74) is -0.315. The van der Waals surface area contributed by atoms with Gasteiger partial charge in [-0.3, -0.25) is 0 Å². The van der Waals surface area contributed by atoms with Crippen molar-refractivity contribution in [1.29, 1.82) is 0 Å². The van der Waals surface area contributed by atoms with Crippen molar-refractivity contribution < 1.29 is 30.0 Å². The van der Waals surface area contributed by atoms with Gasteiger partial charge in [-0.2, -0.15) is 0 Å². The quantitative estimate of drug-likeness (QED) is 0.312. The molecule has 4 N–H and O–H groups in total. The van der Waals surface area contributed by atoms with Gasteiger partial charge in [0.25, 0.3) is 0 Å². The van der Waals surface area contributed by atoms with Crippen LogP contribution in [0.5, 0.6) is 0 Å². The molecule has 0 aliphatic carbocycles. The second kappa shape index (κ2) is 7.36. The molecule has 6 nitrogen and oxygen atoms in total. The lowest BCUT2D eigenvalue weighted by molar-refractivity contribution is -0.134. The Balaban J connectivity index is 3.74. The third-order valence-electron chi connectivity index (χ3n) is 1.77. The van der Waals surface area contributed by atoms with E-state index in [0.717, 1.165) is 0 Å². The van der Waals surface area contributed by atoms with Crippen molar-refractivity contribution in [2.75, 3.05) is 13.2 Å². The molecule has 0 heterocycles. The van der Waals surface area contributed by atoms with Crippen molar-refractivity contribution in [3.05, 3.63) is 12.2 Å². The highest BCUT2D eigenvalue weighted by atomic mass is 16.6. The largest absolute Gasteiger partial charge is 0.478 e. The lowest BCUT2D eigenvalue weighted by Crippen LogP contribution is -2.21. The fraction of sp³-hybridized carbons (Fsp3) is 0.667. The number of ether oxygens (including phenoxy) is 1. The fourth-order valence-electron chi connectivity index (χ4n) is 0.889. The van der Waals surface area contributed by atoms with Crippen molar-refractivity contribution >= 4 is 5.97 Å². The molecule has 6 heteroatoms. The lowest BCUT2D eigenvalue weighted by Gasteiger charge is -2.14. The zero-order valence-corrected chi connectivity index (χ0v) is 8.30. The second-order valence-corrected chi connectivity index (χ2v) is 2.97. The molecule has 0 fully saturated rings.